The molecule has 14 nitrogen and oxygen atoms in total. The lowest BCUT2D eigenvalue weighted by atomic mass is 10.00. The number of hydrogen-bond acceptors (Lipinski definition) is 11. The Balaban J connectivity index is 0.000000291. The van der Waals surface area contributed by atoms with E-state index >= 15 is 0 Å². The van der Waals surface area contributed by atoms with Crippen LogP contribution in [0.25, 0.3) is 0 Å². The molecule has 0 radical (unpaired) electrons. The SMILES string of the molecule is CCOC(=O)C(=O)c1cc(C)ccc1CN1CCN(C(=O)OC(C)(C)C)CC1.Cc1ccc(CN2CCN(C(=O)OC(C)(C)C)CC2)c(C(=O)C(=O)O)c1. The minimum Gasteiger partial charge on any atom is -0.475 e. The van der Waals surface area contributed by atoms with Gasteiger partial charge in [0, 0.05) is 76.6 Å². The van der Waals surface area contributed by atoms with Crippen molar-refractivity contribution in [3.63, 3.8) is 0 Å². The second kappa shape index (κ2) is 19.0. The number of ether oxygens (including phenoxy) is 3. The number of carboxylic acid groups (broad SMARTS) is 1. The van der Waals surface area contributed by atoms with Crippen molar-refractivity contribution in [3.8, 4) is 0 Å². The van der Waals surface area contributed by atoms with Crippen LogP contribution in [0.2, 0.25) is 0 Å². The number of piperazine rings is 2. The maximum Gasteiger partial charge on any atom is 0.410 e. The van der Waals surface area contributed by atoms with Gasteiger partial charge in [-0.15, -0.1) is 0 Å². The van der Waals surface area contributed by atoms with Gasteiger partial charge in [0.15, 0.2) is 0 Å². The molecule has 14 heteroatoms. The van der Waals surface area contributed by atoms with Gasteiger partial charge in [-0.05, 0) is 85.6 Å². The predicted octanol–water partition coefficient (Wildman–Crippen LogP) is 5.11. The zero-order valence-electron chi connectivity index (χ0n) is 33.2. The van der Waals surface area contributed by atoms with Crippen molar-refractivity contribution in [3.05, 3.63) is 69.8 Å². The maximum atomic E-state index is 12.5. The first kappa shape index (κ1) is 43.6. The number of aryl methyl sites for hydroxylation is 2. The van der Waals surface area contributed by atoms with Crippen molar-refractivity contribution >= 4 is 35.7 Å². The van der Waals surface area contributed by atoms with Crippen LogP contribution in [0.1, 0.15) is 91.4 Å². The summed E-state index contributed by atoms with van der Waals surface area (Å²) in [5, 5.41) is 9.02. The van der Waals surface area contributed by atoms with E-state index in [9.17, 15) is 28.8 Å². The second-order valence-electron chi connectivity index (χ2n) is 15.5. The number of aliphatic carboxylic acids is 1. The summed E-state index contributed by atoms with van der Waals surface area (Å²) >= 11 is 0. The fourth-order valence-corrected chi connectivity index (χ4v) is 5.81. The number of amides is 2. The van der Waals surface area contributed by atoms with Gasteiger partial charge in [0.05, 0.1) is 6.61 Å². The Labute approximate surface area is 318 Å². The van der Waals surface area contributed by atoms with Crippen molar-refractivity contribution in [2.24, 2.45) is 0 Å². The van der Waals surface area contributed by atoms with Crippen LogP contribution in [-0.4, -0.2) is 131 Å². The van der Waals surface area contributed by atoms with Gasteiger partial charge in [-0.25, -0.2) is 19.2 Å². The molecule has 2 aliphatic heterocycles. The van der Waals surface area contributed by atoms with E-state index in [1.54, 1.807) is 34.9 Å². The number of esters is 1. The lowest BCUT2D eigenvalue weighted by molar-refractivity contribution is -0.137. The van der Waals surface area contributed by atoms with Crippen molar-refractivity contribution in [2.45, 2.75) is 86.6 Å². The van der Waals surface area contributed by atoms with Crippen molar-refractivity contribution in [1.29, 1.82) is 0 Å². The number of Topliss-reactive ketones (excluding diaryl/α,β-unsaturated/α-hetero) is 2. The molecule has 54 heavy (non-hydrogen) atoms. The minimum absolute atomic E-state index is 0.165. The zero-order valence-corrected chi connectivity index (χ0v) is 33.2. The monoisotopic (exact) mass is 752 g/mol. The summed E-state index contributed by atoms with van der Waals surface area (Å²) < 4.78 is 15.7. The molecule has 0 unspecified atom stereocenters. The third kappa shape index (κ3) is 13.5. The molecule has 296 valence electrons. The van der Waals surface area contributed by atoms with E-state index in [2.05, 4.69) is 9.80 Å². The number of ketones is 2. The molecule has 2 amide bonds. The molecule has 2 aromatic rings. The average molecular weight is 753 g/mol. The molecule has 4 rings (SSSR count). The van der Waals surface area contributed by atoms with Gasteiger partial charge in [0.2, 0.25) is 0 Å². The molecule has 2 saturated heterocycles. The molecule has 2 aromatic carbocycles. The Bertz CT molecular complexity index is 1680. The zero-order chi connectivity index (χ0) is 40.4. The maximum absolute atomic E-state index is 12.5. The summed E-state index contributed by atoms with van der Waals surface area (Å²) in [5.41, 5.74) is 2.79. The van der Waals surface area contributed by atoms with Gasteiger partial charge in [-0.1, -0.05) is 35.4 Å². The van der Waals surface area contributed by atoms with E-state index in [4.69, 9.17) is 19.3 Å². The summed E-state index contributed by atoms with van der Waals surface area (Å²) in [6, 6.07) is 10.8. The Morgan fingerprint density at radius 2 is 0.981 bits per heavy atom. The van der Waals surface area contributed by atoms with Gasteiger partial charge in [-0.2, -0.15) is 0 Å². The van der Waals surface area contributed by atoms with E-state index in [0.29, 0.717) is 76.6 Å². The fraction of sp³-hybridized carbons (Fsp3) is 0.550. The fourth-order valence-electron chi connectivity index (χ4n) is 5.81. The predicted molar refractivity (Wildman–Crippen MR) is 201 cm³/mol. The highest BCUT2D eigenvalue weighted by Gasteiger charge is 2.29. The summed E-state index contributed by atoms with van der Waals surface area (Å²) in [6.45, 7) is 22.4. The molecule has 2 aliphatic rings. The van der Waals surface area contributed by atoms with Crippen molar-refractivity contribution in [1.82, 2.24) is 19.6 Å². The number of rotatable bonds is 9. The molecule has 0 spiro atoms. The van der Waals surface area contributed by atoms with E-state index < -0.39 is 34.7 Å². The minimum atomic E-state index is -1.45. The molecule has 2 fully saturated rings. The molecule has 1 N–H and O–H groups in total. The first-order chi connectivity index (χ1) is 25.2. The third-order valence-corrected chi connectivity index (χ3v) is 8.51. The van der Waals surface area contributed by atoms with E-state index in [1.807, 2.05) is 73.6 Å². The van der Waals surface area contributed by atoms with Crippen LogP contribution in [-0.2, 0) is 36.9 Å². The summed E-state index contributed by atoms with van der Waals surface area (Å²) in [4.78, 5) is 79.3. The Morgan fingerprint density at radius 1 is 0.611 bits per heavy atom. The van der Waals surface area contributed by atoms with Crippen molar-refractivity contribution < 1.29 is 48.1 Å². The molecule has 0 saturated carbocycles. The Morgan fingerprint density at radius 3 is 1.31 bits per heavy atom. The highest BCUT2D eigenvalue weighted by atomic mass is 16.6. The molecule has 0 atom stereocenters. The summed E-state index contributed by atoms with van der Waals surface area (Å²) in [5.74, 6) is -3.79. The molecule has 0 bridgehead atoms. The summed E-state index contributed by atoms with van der Waals surface area (Å²) in [6.07, 6.45) is -0.630. The molecule has 2 heterocycles. The summed E-state index contributed by atoms with van der Waals surface area (Å²) in [7, 11) is 0. The quantitative estimate of drug-likeness (QED) is 0.156. The number of nitrogens with zero attached hydrogens (tertiary/aromatic N) is 4. The van der Waals surface area contributed by atoms with Crippen LogP contribution in [0.15, 0.2) is 36.4 Å². The van der Waals surface area contributed by atoms with Gasteiger partial charge in [0.25, 0.3) is 11.6 Å². The Kier molecular flexibility index (Phi) is 15.3. The number of hydrogen-bond donors (Lipinski definition) is 1. The third-order valence-electron chi connectivity index (χ3n) is 8.51. The van der Waals surface area contributed by atoms with Crippen molar-refractivity contribution in [2.75, 3.05) is 59.0 Å². The number of carbonyl (C=O) groups is 6. The van der Waals surface area contributed by atoms with Crippen LogP contribution in [0.4, 0.5) is 9.59 Å². The van der Waals surface area contributed by atoms with Gasteiger partial charge in [0.1, 0.15) is 11.2 Å². The van der Waals surface area contributed by atoms with Crippen LogP contribution in [0.5, 0.6) is 0 Å². The highest BCUT2D eigenvalue weighted by Crippen LogP contribution is 2.20. The standard InChI is InChI=1S/C21H30N2O5.C19H26N2O5/c1-6-27-19(25)18(24)17-13-15(2)7-8-16(17)14-22-9-11-23(12-10-22)20(26)28-21(3,4)5;1-13-5-6-14(15(11-13)16(22)17(23)24)12-20-7-9-21(10-8-20)18(25)26-19(2,3)4/h7-8,13H,6,9-12,14H2,1-5H3;5-6,11H,7-10,12H2,1-4H3,(H,23,24). The van der Waals surface area contributed by atoms with Gasteiger partial charge >= 0.3 is 24.1 Å². The van der Waals surface area contributed by atoms with E-state index in [1.165, 1.54) is 0 Å². The number of benzene rings is 2. The van der Waals surface area contributed by atoms with Crippen LogP contribution in [0.3, 0.4) is 0 Å². The molecule has 0 aromatic heterocycles. The molecular formula is C40H56N4O10. The molecule has 0 aliphatic carbocycles. The first-order valence-electron chi connectivity index (χ1n) is 18.3. The van der Waals surface area contributed by atoms with E-state index in [-0.39, 0.29) is 24.4 Å². The molecular weight excluding hydrogens is 696 g/mol. The lowest BCUT2D eigenvalue weighted by Gasteiger charge is -2.35. The first-order valence-corrected chi connectivity index (χ1v) is 18.3. The smallest absolute Gasteiger partial charge is 0.410 e. The highest BCUT2D eigenvalue weighted by molar-refractivity contribution is 6.41. The van der Waals surface area contributed by atoms with Gasteiger partial charge in [-0.3, -0.25) is 19.4 Å². The Hall–Kier alpha value is -4.82. The second-order valence-corrected chi connectivity index (χ2v) is 15.5. The van der Waals surface area contributed by atoms with Gasteiger partial charge < -0.3 is 29.1 Å². The number of carboxylic acids is 1. The van der Waals surface area contributed by atoms with Crippen LogP contribution in [0, 0.1) is 13.8 Å². The normalized spacial score (nSPS) is 15.4. The largest absolute Gasteiger partial charge is 0.475 e. The van der Waals surface area contributed by atoms with Crippen LogP contribution >= 0.6 is 0 Å². The topological polar surface area (TPSA) is 163 Å². The lowest BCUT2D eigenvalue weighted by Crippen LogP contribution is -2.49. The van der Waals surface area contributed by atoms with E-state index in [0.717, 1.165) is 16.7 Å². The van der Waals surface area contributed by atoms with Crippen LogP contribution < -0.4 is 0 Å². The average Bonchev–Trinajstić information content (AvgIpc) is 3.08. The number of carbonyl (C=O) groups excluding carboxylic acids is 5.